The highest BCUT2D eigenvalue weighted by molar-refractivity contribution is 5.04. The van der Waals surface area contributed by atoms with Gasteiger partial charge in [0.2, 0.25) is 0 Å². The van der Waals surface area contributed by atoms with Crippen LogP contribution in [0.25, 0.3) is 0 Å². The van der Waals surface area contributed by atoms with E-state index in [0.29, 0.717) is 38.2 Å². The molecule has 1 aromatic heterocycles. The predicted molar refractivity (Wildman–Crippen MR) is 79.4 cm³/mol. The molecule has 3 heterocycles. The Labute approximate surface area is 128 Å². The summed E-state index contributed by atoms with van der Waals surface area (Å²) in [4.78, 5) is 20.7. The number of aryl methyl sites for hydroxylation is 1. The van der Waals surface area contributed by atoms with Crippen LogP contribution in [0.4, 0.5) is 0 Å². The molecule has 3 rings (SSSR count). The van der Waals surface area contributed by atoms with E-state index in [2.05, 4.69) is 14.9 Å². The fourth-order valence-corrected chi connectivity index (χ4v) is 3.46. The molecule has 1 spiro atoms. The minimum Gasteiger partial charge on any atom is -0.390 e. The van der Waals surface area contributed by atoms with Crippen molar-refractivity contribution in [2.45, 2.75) is 50.5 Å². The van der Waals surface area contributed by atoms with Gasteiger partial charge >= 0.3 is 0 Å². The minimum atomic E-state index is -0.816. The summed E-state index contributed by atoms with van der Waals surface area (Å²) in [6, 6.07) is 1.52. The molecule has 1 aromatic rings. The Hall–Kier alpha value is -1.28. The van der Waals surface area contributed by atoms with E-state index in [4.69, 9.17) is 4.74 Å². The third kappa shape index (κ3) is 3.08. The van der Waals surface area contributed by atoms with Crippen LogP contribution in [-0.2, 0) is 11.3 Å². The lowest BCUT2D eigenvalue weighted by molar-refractivity contribution is -0.214. The van der Waals surface area contributed by atoms with Crippen molar-refractivity contribution in [3.8, 4) is 0 Å². The molecule has 3 N–H and O–H groups in total. The van der Waals surface area contributed by atoms with Gasteiger partial charge in [-0.05, 0) is 26.2 Å². The normalized spacial score (nSPS) is 28.9. The van der Waals surface area contributed by atoms with Crippen molar-refractivity contribution < 1.29 is 14.9 Å². The molecule has 2 aliphatic heterocycles. The number of aliphatic hydroxyl groups excluding tert-OH is 2. The van der Waals surface area contributed by atoms with Crippen LogP contribution in [0.3, 0.4) is 0 Å². The van der Waals surface area contributed by atoms with Crippen molar-refractivity contribution in [2.24, 2.45) is 0 Å². The van der Waals surface area contributed by atoms with Crippen molar-refractivity contribution in [3.63, 3.8) is 0 Å². The van der Waals surface area contributed by atoms with E-state index >= 15 is 0 Å². The van der Waals surface area contributed by atoms with Crippen molar-refractivity contribution in [1.82, 2.24) is 14.9 Å². The Balaban J connectivity index is 1.63. The molecule has 2 aliphatic rings. The average molecular weight is 309 g/mol. The summed E-state index contributed by atoms with van der Waals surface area (Å²) in [5, 5.41) is 20.1. The van der Waals surface area contributed by atoms with Crippen molar-refractivity contribution in [1.29, 1.82) is 0 Å². The lowest BCUT2D eigenvalue weighted by Crippen LogP contribution is -2.59. The first kappa shape index (κ1) is 15.6. The molecule has 7 nitrogen and oxygen atoms in total. The number of likely N-dealkylation sites (tertiary alicyclic amines) is 1. The SMILES string of the molecule is Cc1nc(CN2CCC3(CC2)OCC[C@H](O)[C@@H]3O)cc(=O)[nH]1. The highest BCUT2D eigenvalue weighted by Crippen LogP contribution is 2.35. The summed E-state index contributed by atoms with van der Waals surface area (Å²) in [6.45, 7) is 4.37. The average Bonchev–Trinajstić information content (AvgIpc) is 2.46. The lowest BCUT2D eigenvalue weighted by Gasteiger charge is -2.48. The van der Waals surface area contributed by atoms with E-state index in [0.717, 1.165) is 18.8 Å². The Kier molecular flexibility index (Phi) is 4.31. The molecular weight excluding hydrogens is 286 g/mol. The molecule has 2 atom stereocenters. The topological polar surface area (TPSA) is 98.7 Å². The molecule has 0 unspecified atom stereocenters. The van der Waals surface area contributed by atoms with E-state index in [1.54, 1.807) is 6.92 Å². The van der Waals surface area contributed by atoms with Crippen LogP contribution < -0.4 is 5.56 Å². The lowest BCUT2D eigenvalue weighted by atomic mass is 9.80. The molecular formula is C15H23N3O4. The number of aromatic nitrogens is 2. The Morgan fingerprint density at radius 1 is 1.45 bits per heavy atom. The smallest absolute Gasteiger partial charge is 0.251 e. The Morgan fingerprint density at radius 3 is 2.86 bits per heavy atom. The zero-order chi connectivity index (χ0) is 15.7. The quantitative estimate of drug-likeness (QED) is 0.685. The van der Waals surface area contributed by atoms with Gasteiger partial charge in [-0.15, -0.1) is 0 Å². The van der Waals surface area contributed by atoms with Crippen LogP contribution in [0.5, 0.6) is 0 Å². The Morgan fingerprint density at radius 2 is 2.18 bits per heavy atom. The van der Waals surface area contributed by atoms with Crippen LogP contribution in [-0.4, -0.2) is 62.6 Å². The van der Waals surface area contributed by atoms with Gasteiger partial charge in [-0.1, -0.05) is 0 Å². The minimum absolute atomic E-state index is 0.134. The molecule has 7 heteroatoms. The predicted octanol–water partition coefficient (Wildman–Crippen LogP) is -0.445. The Bertz CT molecular complexity index is 580. The summed E-state index contributed by atoms with van der Waals surface area (Å²) < 4.78 is 5.82. The van der Waals surface area contributed by atoms with E-state index in [-0.39, 0.29) is 5.56 Å². The molecule has 0 bridgehead atoms. The maximum atomic E-state index is 11.5. The monoisotopic (exact) mass is 309 g/mol. The third-order valence-electron chi connectivity index (χ3n) is 4.71. The molecule has 0 aliphatic carbocycles. The third-order valence-corrected chi connectivity index (χ3v) is 4.71. The second kappa shape index (κ2) is 6.08. The van der Waals surface area contributed by atoms with Gasteiger partial charge in [0, 0.05) is 25.7 Å². The molecule has 122 valence electrons. The highest BCUT2D eigenvalue weighted by atomic mass is 16.5. The number of aromatic amines is 1. The van der Waals surface area contributed by atoms with Crippen LogP contribution in [0.15, 0.2) is 10.9 Å². The summed E-state index contributed by atoms with van der Waals surface area (Å²) in [5.74, 6) is 0.616. The van der Waals surface area contributed by atoms with Crippen LogP contribution in [0.2, 0.25) is 0 Å². The highest BCUT2D eigenvalue weighted by Gasteiger charge is 2.47. The number of piperidine rings is 1. The number of rotatable bonds is 2. The summed E-state index contributed by atoms with van der Waals surface area (Å²) in [7, 11) is 0. The largest absolute Gasteiger partial charge is 0.390 e. The number of nitrogens with zero attached hydrogens (tertiary/aromatic N) is 2. The molecule has 0 radical (unpaired) electrons. The van der Waals surface area contributed by atoms with Gasteiger partial charge in [0.05, 0.1) is 24.0 Å². The number of aliphatic hydroxyl groups is 2. The molecule has 22 heavy (non-hydrogen) atoms. The van der Waals surface area contributed by atoms with Crippen LogP contribution in [0.1, 0.15) is 30.8 Å². The summed E-state index contributed by atoms with van der Waals surface area (Å²) in [6.07, 6.45) is 0.323. The summed E-state index contributed by atoms with van der Waals surface area (Å²) in [5.41, 5.74) is -0.00133. The maximum absolute atomic E-state index is 11.5. The molecule has 0 saturated carbocycles. The number of nitrogens with one attached hydrogen (secondary N) is 1. The zero-order valence-electron chi connectivity index (χ0n) is 12.8. The first-order valence-corrected chi connectivity index (χ1v) is 7.78. The van der Waals surface area contributed by atoms with Gasteiger partial charge < -0.3 is 19.9 Å². The molecule has 2 saturated heterocycles. The number of hydrogen-bond acceptors (Lipinski definition) is 6. The van der Waals surface area contributed by atoms with E-state index < -0.39 is 17.8 Å². The molecule has 2 fully saturated rings. The fourth-order valence-electron chi connectivity index (χ4n) is 3.46. The maximum Gasteiger partial charge on any atom is 0.251 e. The van der Waals surface area contributed by atoms with Gasteiger partial charge in [0.15, 0.2) is 0 Å². The van der Waals surface area contributed by atoms with Gasteiger partial charge in [0.1, 0.15) is 11.9 Å². The molecule has 0 amide bonds. The van der Waals surface area contributed by atoms with Crippen LogP contribution in [0, 0.1) is 6.92 Å². The van der Waals surface area contributed by atoms with E-state index in [1.165, 1.54) is 6.07 Å². The summed E-state index contributed by atoms with van der Waals surface area (Å²) >= 11 is 0. The number of ether oxygens (including phenoxy) is 1. The second-order valence-electron chi connectivity index (χ2n) is 6.31. The first-order chi connectivity index (χ1) is 10.5. The van der Waals surface area contributed by atoms with Gasteiger partial charge in [-0.3, -0.25) is 9.69 Å². The number of H-pyrrole nitrogens is 1. The van der Waals surface area contributed by atoms with Crippen molar-refractivity contribution in [2.75, 3.05) is 19.7 Å². The van der Waals surface area contributed by atoms with Crippen molar-refractivity contribution in [3.05, 3.63) is 27.9 Å². The van der Waals surface area contributed by atoms with Crippen LogP contribution >= 0.6 is 0 Å². The van der Waals surface area contributed by atoms with E-state index in [9.17, 15) is 15.0 Å². The second-order valence-corrected chi connectivity index (χ2v) is 6.31. The van der Waals surface area contributed by atoms with Crippen molar-refractivity contribution >= 4 is 0 Å². The molecule has 0 aromatic carbocycles. The standard InChI is InChI=1S/C15H23N3O4/c1-10-16-11(8-13(20)17-10)9-18-5-3-15(4-6-18)14(21)12(19)2-7-22-15/h8,12,14,19,21H,2-7,9H2,1H3,(H,16,17,20)/t12-,14-/m0/s1. The van der Waals surface area contributed by atoms with E-state index in [1.807, 2.05) is 0 Å². The number of hydrogen-bond donors (Lipinski definition) is 3. The van der Waals surface area contributed by atoms with Gasteiger partial charge in [0.25, 0.3) is 5.56 Å². The first-order valence-electron chi connectivity index (χ1n) is 7.78. The van der Waals surface area contributed by atoms with Gasteiger partial charge in [-0.2, -0.15) is 0 Å². The fraction of sp³-hybridized carbons (Fsp3) is 0.733. The van der Waals surface area contributed by atoms with Gasteiger partial charge in [-0.25, -0.2) is 4.98 Å². The zero-order valence-corrected chi connectivity index (χ0v) is 12.8.